The molecule has 3 amide bonds. The molecular weight excluding hydrogens is 496 g/mol. The van der Waals surface area contributed by atoms with Crippen molar-refractivity contribution in [1.29, 1.82) is 0 Å². The Hall–Kier alpha value is -3.47. The number of halogens is 1. The van der Waals surface area contributed by atoms with Crippen molar-refractivity contribution in [2.24, 2.45) is 0 Å². The first-order chi connectivity index (χ1) is 16.5. The number of hydrogen-bond donors (Lipinski definition) is 2. The van der Waals surface area contributed by atoms with E-state index in [0.29, 0.717) is 26.7 Å². The van der Waals surface area contributed by atoms with Crippen LogP contribution in [-0.4, -0.2) is 38.5 Å². The number of nitrogens with one attached hydrogen (secondary N) is 2. The lowest BCUT2D eigenvalue weighted by molar-refractivity contribution is -0.127. The molecule has 0 atom stereocenters. The Morgan fingerprint density at radius 3 is 2.76 bits per heavy atom. The first-order valence-corrected chi connectivity index (χ1v) is 12.0. The number of amides is 3. The second-order valence-corrected chi connectivity index (χ2v) is 9.51. The lowest BCUT2D eigenvalue weighted by Crippen LogP contribution is -2.36. The number of para-hydroxylation sites is 3. The Morgan fingerprint density at radius 1 is 1.15 bits per heavy atom. The smallest absolute Gasteiger partial charge is 0.294 e. The molecule has 0 unspecified atom stereocenters. The van der Waals surface area contributed by atoms with E-state index in [1.54, 1.807) is 36.4 Å². The first-order valence-electron chi connectivity index (χ1n) is 9.98. The molecule has 1 aliphatic rings. The van der Waals surface area contributed by atoms with Crippen LogP contribution in [0.1, 0.15) is 5.76 Å². The number of nitrogens with zero attached hydrogens (tertiary/aromatic N) is 2. The standard InChI is InChI=1S/C23H15ClN4O4S2/c24-14-5-1-2-6-15(14)25-19(29)12-28-21(30)18(33-23(28)31)11-13-9-10-20(32-13)34-22-26-16-7-3-4-8-17(16)27-22/h1-11H,12H2,(H,25,29)(H,26,27)/b18-11+. The van der Waals surface area contributed by atoms with Gasteiger partial charge in [-0.05, 0) is 59.9 Å². The minimum atomic E-state index is -0.563. The summed E-state index contributed by atoms with van der Waals surface area (Å²) < 4.78 is 5.77. The molecular formula is C23H15ClN4O4S2. The fourth-order valence-electron chi connectivity index (χ4n) is 3.20. The number of carbonyl (C=O) groups excluding carboxylic acids is 3. The zero-order valence-corrected chi connectivity index (χ0v) is 19.7. The number of hydrogen-bond acceptors (Lipinski definition) is 7. The summed E-state index contributed by atoms with van der Waals surface area (Å²) in [5, 5.41) is 3.68. The molecule has 2 aromatic heterocycles. The number of furan rings is 1. The fraction of sp³-hybridized carbons (Fsp3) is 0.0435. The van der Waals surface area contributed by atoms with Crippen molar-refractivity contribution < 1.29 is 18.8 Å². The van der Waals surface area contributed by atoms with E-state index in [-0.39, 0.29) is 4.91 Å². The van der Waals surface area contributed by atoms with Crippen LogP contribution in [0, 0.1) is 0 Å². The molecule has 0 saturated carbocycles. The Morgan fingerprint density at radius 2 is 1.94 bits per heavy atom. The van der Waals surface area contributed by atoms with E-state index in [1.807, 2.05) is 24.3 Å². The predicted octanol–water partition coefficient (Wildman–Crippen LogP) is 5.64. The number of carbonyl (C=O) groups is 3. The van der Waals surface area contributed by atoms with Crippen molar-refractivity contribution in [3.63, 3.8) is 0 Å². The number of benzene rings is 2. The minimum Gasteiger partial charge on any atom is -0.450 e. The number of aromatic nitrogens is 2. The average molecular weight is 511 g/mol. The van der Waals surface area contributed by atoms with Crippen molar-refractivity contribution in [2.45, 2.75) is 10.2 Å². The number of fused-ring (bicyclic) bond motifs is 1. The zero-order valence-electron chi connectivity index (χ0n) is 17.3. The van der Waals surface area contributed by atoms with Gasteiger partial charge in [0.1, 0.15) is 12.3 Å². The first kappa shape index (κ1) is 22.3. The van der Waals surface area contributed by atoms with Crippen LogP contribution in [0.15, 0.2) is 80.2 Å². The predicted molar refractivity (Wildman–Crippen MR) is 132 cm³/mol. The molecule has 1 saturated heterocycles. The molecule has 170 valence electrons. The van der Waals surface area contributed by atoms with E-state index in [9.17, 15) is 14.4 Å². The van der Waals surface area contributed by atoms with Gasteiger partial charge in [-0.1, -0.05) is 35.9 Å². The molecule has 11 heteroatoms. The maximum absolute atomic E-state index is 12.7. The minimum absolute atomic E-state index is 0.171. The summed E-state index contributed by atoms with van der Waals surface area (Å²) in [7, 11) is 0. The molecule has 34 heavy (non-hydrogen) atoms. The number of imidazole rings is 1. The highest BCUT2D eigenvalue weighted by molar-refractivity contribution is 8.18. The molecule has 0 bridgehead atoms. The topological polar surface area (TPSA) is 108 Å². The number of rotatable bonds is 6. The fourth-order valence-corrected chi connectivity index (χ4v) is 4.97. The summed E-state index contributed by atoms with van der Waals surface area (Å²) in [4.78, 5) is 46.2. The average Bonchev–Trinajstić information content (AvgIpc) is 3.50. The van der Waals surface area contributed by atoms with E-state index < -0.39 is 23.6 Å². The molecule has 1 aliphatic heterocycles. The third kappa shape index (κ3) is 4.74. The van der Waals surface area contributed by atoms with Crippen LogP contribution in [0.25, 0.3) is 17.1 Å². The summed E-state index contributed by atoms with van der Waals surface area (Å²) in [6.45, 7) is -0.418. The highest BCUT2D eigenvalue weighted by atomic mass is 35.5. The molecule has 0 radical (unpaired) electrons. The van der Waals surface area contributed by atoms with Gasteiger partial charge in [-0.3, -0.25) is 19.3 Å². The van der Waals surface area contributed by atoms with E-state index >= 15 is 0 Å². The maximum Gasteiger partial charge on any atom is 0.294 e. The Balaban J connectivity index is 1.25. The van der Waals surface area contributed by atoms with Gasteiger partial charge in [0.05, 0.1) is 26.6 Å². The van der Waals surface area contributed by atoms with Gasteiger partial charge < -0.3 is 14.7 Å². The van der Waals surface area contributed by atoms with Crippen molar-refractivity contribution in [2.75, 3.05) is 11.9 Å². The molecule has 2 N–H and O–H groups in total. The zero-order chi connectivity index (χ0) is 23.7. The normalized spacial score (nSPS) is 15.0. The molecule has 5 rings (SSSR count). The third-order valence-electron chi connectivity index (χ3n) is 4.76. The van der Waals surface area contributed by atoms with E-state index in [0.717, 1.165) is 27.7 Å². The second-order valence-electron chi connectivity index (χ2n) is 7.11. The molecule has 0 aliphatic carbocycles. The van der Waals surface area contributed by atoms with Gasteiger partial charge in [0.15, 0.2) is 10.2 Å². The number of aromatic amines is 1. The van der Waals surface area contributed by atoms with Crippen molar-refractivity contribution >= 4 is 75.0 Å². The molecule has 1 fully saturated rings. The molecule has 3 heterocycles. The van der Waals surface area contributed by atoms with Gasteiger partial charge in [0.25, 0.3) is 11.1 Å². The quantitative estimate of drug-likeness (QED) is 0.323. The molecule has 8 nitrogen and oxygen atoms in total. The van der Waals surface area contributed by atoms with Crippen molar-refractivity contribution in [3.05, 3.63) is 76.4 Å². The van der Waals surface area contributed by atoms with Crippen LogP contribution in [0.4, 0.5) is 10.5 Å². The van der Waals surface area contributed by atoms with Gasteiger partial charge in [-0.15, -0.1) is 0 Å². The van der Waals surface area contributed by atoms with Crippen LogP contribution >= 0.6 is 35.1 Å². The summed E-state index contributed by atoms with van der Waals surface area (Å²) in [5.41, 5.74) is 2.18. The van der Waals surface area contributed by atoms with Crippen molar-refractivity contribution in [1.82, 2.24) is 14.9 Å². The molecule has 2 aromatic carbocycles. The highest BCUT2D eigenvalue weighted by Crippen LogP contribution is 2.34. The molecule has 0 spiro atoms. The Labute approximate surface area is 206 Å². The molecule has 4 aromatic rings. The van der Waals surface area contributed by atoms with E-state index in [1.165, 1.54) is 17.8 Å². The third-order valence-corrected chi connectivity index (χ3v) is 6.81. The summed E-state index contributed by atoms with van der Waals surface area (Å²) >= 11 is 8.10. The Bertz CT molecular complexity index is 1430. The number of imide groups is 1. The van der Waals surface area contributed by atoms with Crippen LogP contribution in [0.3, 0.4) is 0 Å². The largest absolute Gasteiger partial charge is 0.450 e. The van der Waals surface area contributed by atoms with E-state index in [2.05, 4.69) is 15.3 Å². The van der Waals surface area contributed by atoms with Crippen LogP contribution in [0.2, 0.25) is 5.02 Å². The summed E-state index contributed by atoms with van der Waals surface area (Å²) in [6.07, 6.45) is 1.49. The van der Waals surface area contributed by atoms with Gasteiger partial charge in [-0.25, -0.2) is 4.98 Å². The monoisotopic (exact) mass is 510 g/mol. The van der Waals surface area contributed by atoms with Gasteiger partial charge in [-0.2, -0.15) is 0 Å². The summed E-state index contributed by atoms with van der Waals surface area (Å²) in [5.74, 6) is -0.684. The van der Waals surface area contributed by atoms with Gasteiger partial charge in [0, 0.05) is 6.08 Å². The number of thioether (sulfide) groups is 1. The lowest BCUT2D eigenvalue weighted by atomic mass is 10.3. The van der Waals surface area contributed by atoms with E-state index in [4.69, 9.17) is 16.0 Å². The maximum atomic E-state index is 12.7. The number of H-pyrrole nitrogens is 1. The van der Waals surface area contributed by atoms with Gasteiger partial charge >= 0.3 is 0 Å². The van der Waals surface area contributed by atoms with Crippen LogP contribution in [-0.2, 0) is 9.59 Å². The second kappa shape index (κ2) is 9.41. The van der Waals surface area contributed by atoms with Gasteiger partial charge in [0.2, 0.25) is 5.91 Å². The van der Waals surface area contributed by atoms with Crippen LogP contribution in [0.5, 0.6) is 0 Å². The van der Waals surface area contributed by atoms with Crippen LogP contribution < -0.4 is 5.32 Å². The highest BCUT2D eigenvalue weighted by Gasteiger charge is 2.36. The summed E-state index contributed by atoms with van der Waals surface area (Å²) in [6, 6.07) is 17.8. The SMILES string of the molecule is O=C(CN1C(=O)S/C(=C/c2ccc(Sc3nc4ccccc4[nH]3)o2)C1=O)Nc1ccccc1Cl. The van der Waals surface area contributed by atoms with Crippen molar-refractivity contribution in [3.8, 4) is 0 Å². The number of anilines is 1. The Kier molecular flexibility index (Phi) is 6.18. The lowest BCUT2D eigenvalue weighted by Gasteiger charge is -2.13.